The Bertz CT molecular complexity index is 245. The maximum Gasteiger partial charge on any atom is 0.0195 e. The van der Waals surface area contributed by atoms with Gasteiger partial charge in [-0.15, -0.1) is 0 Å². The number of likely N-dealkylation sites (tertiary alicyclic amines) is 1. The predicted octanol–water partition coefficient (Wildman–Crippen LogP) is 2.64. The summed E-state index contributed by atoms with van der Waals surface area (Å²) in [5, 5.41) is 3.80. The zero-order chi connectivity index (χ0) is 11.7. The van der Waals surface area contributed by atoms with E-state index in [1.54, 1.807) is 0 Å². The zero-order valence-electron chi connectivity index (χ0n) is 11.3. The van der Waals surface area contributed by atoms with E-state index in [2.05, 4.69) is 17.1 Å². The first-order valence-electron chi connectivity index (χ1n) is 7.80. The van der Waals surface area contributed by atoms with Crippen molar-refractivity contribution in [3.8, 4) is 0 Å². The van der Waals surface area contributed by atoms with Crippen LogP contribution < -0.4 is 5.32 Å². The Morgan fingerprint density at radius 1 is 1.12 bits per heavy atom. The SMILES string of the molecule is CC(C1CCC1)N1CCCC(NCC2CC2)C1. The van der Waals surface area contributed by atoms with Gasteiger partial charge in [-0.25, -0.2) is 0 Å². The molecule has 2 unspecified atom stereocenters. The molecule has 0 radical (unpaired) electrons. The van der Waals surface area contributed by atoms with E-state index in [0.717, 1.165) is 23.9 Å². The van der Waals surface area contributed by atoms with Crippen molar-refractivity contribution in [3.63, 3.8) is 0 Å². The highest BCUT2D eigenvalue weighted by Crippen LogP contribution is 2.33. The van der Waals surface area contributed by atoms with Crippen molar-refractivity contribution in [1.29, 1.82) is 0 Å². The van der Waals surface area contributed by atoms with E-state index in [1.165, 1.54) is 64.6 Å². The highest BCUT2D eigenvalue weighted by atomic mass is 15.2. The van der Waals surface area contributed by atoms with E-state index in [1.807, 2.05) is 0 Å². The summed E-state index contributed by atoms with van der Waals surface area (Å²) in [5.74, 6) is 2.03. The summed E-state index contributed by atoms with van der Waals surface area (Å²) >= 11 is 0. The first-order valence-corrected chi connectivity index (χ1v) is 7.80. The molecule has 0 aromatic carbocycles. The van der Waals surface area contributed by atoms with E-state index in [-0.39, 0.29) is 0 Å². The van der Waals surface area contributed by atoms with Gasteiger partial charge in [0.15, 0.2) is 0 Å². The lowest BCUT2D eigenvalue weighted by Crippen LogP contribution is -2.51. The molecule has 17 heavy (non-hydrogen) atoms. The molecule has 0 spiro atoms. The summed E-state index contributed by atoms with van der Waals surface area (Å²) in [6, 6.07) is 1.63. The van der Waals surface area contributed by atoms with Gasteiger partial charge in [-0.2, -0.15) is 0 Å². The van der Waals surface area contributed by atoms with Gasteiger partial charge in [0.25, 0.3) is 0 Å². The maximum atomic E-state index is 3.80. The Labute approximate surface area is 106 Å². The summed E-state index contributed by atoms with van der Waals surface area (Å²) < 4.78 is 0. The molecule has 0 amide bonds. The number of nitrogens with one attached hydrogen (secondary N) is 1. The maximum absolute atomic E-state index is 3.80. The number of piperidine rings is 1. The number of hydrogen-bond acceptors (Lipinski definition) is 2. The van der Waals surface area contributed by atoms with Gasteiger partial charge < -0.3 is 5.32 Å². The van der Waals surface area contributed by atoms with Crippen LogP contribution in [0.1, 0.15) is 51.9 Å². The van der Waals surface area contributed by atoms with Gasteiger partial charge >= 0.3 is 0 Å². The molecule has 1 saturated heterocycles. The molecule has 98 valence electrons. The van der Waals surface area contributed by atoms with Gasteiger partial charge in [-0.3, -0.25) is 4.90 Å². The quantitative estimate of drug-likeness (QED) is 0.789. The lowest BCUT2D eigenvalue weighted by Gasteiger charge is -2.43. The second-order valence-corrected chi connectivity index (χ2v) is 6.62. The normalized spacial score (nSPS) is 33.4. The van der Waals surface area contributed by atoms with Gasteiger partial charge in [0.1, 0.15) is 0 Å². The van der Waals surface area contributed by atoms with E-state index >= 15 is 0 Å². The minimum atomic E-state index is 0.784. The summed E-state index contributed by atoms with van der Waals surface area (Å²) in [6.45, 7) is 6.41. The average molecular weight is 236 g/mol. The third-order valence-electron chi connectivity index (χ3n) is 5.25. The van der Waals surface area contributed by atoms with Gasteiger partial charge in [0, 0.05) is 18.6 Å². The second kappa shape index (κ2) is 5.27. The molecule has 2 nitrogen and oxygen atoms in total. The van der Waals surface area contributed by atoms with Crippen molar-refractivity contribution in [2.24, 2.45) is 11.8 Å². The average Bonchev–Trinajstić information content (AvgIpc) is 3.08. The third-order valence-corrected chi connectivity index (χ3v) is 5.25. The molecule has 0 aromatic rings. The van der Waals surface area contributed by atoms with Crippen LogP contribution >= 0.6 is 0 Å². The smallest absolute Gasteiger partial charge is 0.0195 e. The van der Waals surface area contributed by atoms with Crippen LogP contribution in [0.15, 0.2) is 0 Å². The minimum Gasteiger partial charge on any atom is -0.312 e. The van der Waals surface area contributed by atoms with E-state index < -0.39 is 0 Å². The summed E-state index contributed by atoms with van der Waals surface area (Å²) in [5.41, 5.74) is 0. The summed E-state index contributed by atoms with van der Waals surface area (Å²) in [6.07, 6.45) is 10.2. The van der Waals surface area contributed by atoms with Crippen molar-refractivity contribution in [2.75, 3.05) is 19.6 Å². The fourth-order valence-corrected chi connectivity index (χ4v) is 3.42. The Morgan fingerprint density at radius 3 is 2.59 bits per heavy atom. The third kappa shape index (κ3) is 3.03. The zero-order valence-corrected chi connectivity index (χ0v) is 11.3. The van der Waals surface area contributed by atoms with Crippen LogP contribution in [0.3, 0.4) is 0 Å². The molecule has 1 aliphatic heterocycles. The fraction of sp³-hybridized carbons (Fsp3) is 1.00. The molecule has 2 saturated carbocycles. The largest absolute Gasteiger partial charge is 0.312 e. The molecule has 2 aliphatic carbocycles. The monoisotopic (exact) mass is 236 g/mol. The van der Waals surface area contributed by atoms with E-state index in [4.69, 9.17) is 0 Å². The van der Waals surface area contributed by atoms with Gasteiger partial charge in [-0.1, -0.05) is 6.42 Å². The van der Waals surface area contributed by atoms with Crippen LogP contribution in [0.5, 0.6) is 0 Å². The van der Waals surface area contributed by atoms with Crippen LogP contribution in [0.4, 0.5) is 0 Å². The second-order valence-electron chi connectivity index (χ2n) is 6.62. The molecule has 3 aliphatic rings. The molecule has 0 aromatic heterocycles. The topological polar surface area (TPSA) is 15.3 Å². The lowest BCUT2D eigenvalue weighted by molar-refractivity contribution is 0.0761. The van der Waals surface area contributed by atoms with Crippen LogP contribution in [0.25, 0.3) is 0 Å². The van der Waals surface area contributed by atoms with Crippen LogP contribution in [0, 0.1) is 11.8 Å². The van der Waals surface area contributed by atoms with Gasteiger partial charge in [-0.05, 0) is 70.4 Å². The summed E-state index contributed by atoms with van der Waals surface area (Å²) in [7, 11) is 0. The van der Waals surface area contributed by atoms with Gasteiger partial charge in [0.05, 0.1) is 0 Å². The Kier molecular flexibility index (Phi) is 3.72. The molecule has 3 rings (SSSR count). The van der Waals surface area contributed by atoms with Crippen molar-refractivity contribution >= 4 is 0 Å². The van der Waals surface area contributed by atoms with Crippen molar-refractivity contribution in [3.05, 3.63) is 0 Å². The fourth-order valence-electron chi connectivity index (χ4n) is 3.42. The minimum absolute atomic E-state index is 0.784. The highest BCUT2D eigenvalue weighted by Gasteiger charge is 2.31. The molecule has 3 fully saturated rings. The number of nitrogens with zero attached hydrogens (tertiary/aromatic N) is 1. The molecule has 1 N–H and O–H groups in total. The molecule has 0 bridgehead atoms. The number of hydrogen-bond donors (Lipinski definition) is 1. The lowest BCUT2D eigenvalue weighted by atomic mass is 9.79. The molecule has 2 heteroatoms. The number of rotatable bonds is 5. The van der Waals surface area contributed by atoms with Crippen molar-refractivity contribution in [1.82, 2.24) is 10.2 Å². The van der Waals surface area contributed by atoms with E-state index in [9.17, 15) is 0 Å². The summed E-state index contributed by atoms with van der Waals surface area (Å²) in [4.78, 5) is 2.76. The highest BCUT2D eigenvalue weighted by molar-refractivity contribution is 4.88. The van der Waals surface area contributed by atoms with Crippen LogP contribution in [0.2, 0.25) is 0 Å². The Balaban J connectivity index is 1.44. The standard InChI is InChI=1S/C15H28N2/c1-12(14-4-2-5-14)17-9-3-6-15(11-17)16-10-13-7-8-13/h12-16H,2-11H2,1H3. The predicted molar refractivity (Wildman–Crippen MR) is 72.1 cm³/mol. The van der Waals surface area contributed by atoms with Crippen molar-refractivity contribution in [2.45, 2.75) is 64.0 Å². The molecule has 1 heterocycles. The molecular weight excluding hydrogens is 208 g/mol. The first-order chi connectivity index (χ1) is 8.33. The molecule has 2 atom stereocenters. The first kappa shape index (κ1) is 12.0. The Morgan fingerprint density at radius 2 is 1.94 bits per heavy atom. The molecular formula is C15H28N2. The van der Waals surface area contributed by atoms with E-state index in [0.29, 0.717) is 0 Å². The van der Waals surface area contributed by atoms with Gasteiger partial charge in [0.2, 0.25) is 0 Å². The van der Waals surface area contributed by atoms with Crippen LogP contribution in [-0.2, 0) is 0 Å². The van der Waals surface area contributed by atoms with Crippen LogP contribution in [-0.4, -0.2) is 36.6 Å². The Hall–Kier alpha value is -0.0800. The van der Waals surface area contributed by atoms with Crippen molar-refractivity contribution < 1.29 is 0 Å².